The lowest BCUT2D eigenvalue weighted by Gasteiger charge is -2.04. The third-order valence-electron chi connectivity index (χ3n) is 4.21. The van der Waals surface area contributed by atoms with Crippen LogP contribution >= 0.6 is 11.6 Å². The van der Waals surface area contributed by atoms with E-state index in [2.05, 4.69) is 5.10 Å². The van der Waals surface area contributed by atoms with Gasteiger partial charge in [0.15, 0.2) is 5.78 Å². The van der Waals surface area contributed by atoms with Crippen molar-refractivity contribution in [2.24, 2.45) is 0 Å². The summed E-state index contributed by atoms with van der Waals surface area (Å²) in [6.07, 6.45) is 3.18. The molecule has 132 valence electrons. The molecule has 0 fully saturated rings. The van der Waals surface area contributed by atoms with E-state index in [4.69, 9.17) is 11.6 Å². The first-order valence-corrected chi connectivity index (χ1v) is 8.59. The van der Waals surface area contributed by atoms with Gasteiger partial charge in [-0.3, -0.25) is 9.48 Å². The van der Waals surface area contributed by atoms with Crippen molar-refractivity contribution >= 4 is 23.5 Å². The molecule has 0 aliphatic heterocycles. The average Bonchev–Trinajstić information content (AvgIpc) is 2.87. The molecule has 0 radical (unpaired) electrons. The molecule has 3 rings (SSSR count). The van der Waals surface area contributed by atoms with Crippen molar-refractivity contribution in [3.05, 3.63) is 93.5 Å². The van der Waals surface area contributed by atoms with Crippen LogP contribution in [0.4, 0.5) is 4.39 Å². The summed E-state index contributed by atoms with van der Waals surface area (Å²) in [6, 6.07) is 13.8. The maximum atomic E-state index is 13.1. The molecule has 1 heterocycles. The number of aromatic nitrogens is 2. The molecule has 0 aliphatic rings. The first-order valence-electron chi connectivity index (χ1n) is 8.21. The fraction of sp³-hybridized carbons (Fsp3) is 0.143. The maximum Gasteiger partial charge on any atom is 0.187 e. The molecule has 5 heteroatoms. The normalized spacial score (nSPS) is 11.2. The van der Waals surface area contributed by atoms with E-state index >= 15 is 0 Å². The standard InChI is InChI=1S/C21H18ClFN2O/c1-14-18(10-11-21(26)19-9-8-17(23)12-20(19)22)15(2)25(24-14)13-16-6-4-3-5-7-16/h3-12H,13H2,1-2H3/b11-10+. The Balaban J connectivity index is 1.83. The summed E-state index contributed by atoms with van der Waals surface area (Å²) < 4.78 is 15.0. The molecule has 3 nitrogen and oxygen atoms in total. The van der Waals surface area contributed by atoms with Gasteiger partial charge in [0.1, 0.15) is 5.82 Å². The molecule has 1 aromatic heterocycles. The van der Waals surface area contributed by atoms with Crippen molar-refractivity contribution in [2.75, 3.05) is 0 Å². The van der Waals surface area contributed by atoms with Crippen molar-refractivity contribution in [2.45, 2.75) is 20.4 Å². The highest BCUT2D eigenvalue weighted by molar-refractivity contribution is 6.34. The summed E-state index contributed by atoms with van der Waals surface area (Å²) in [4.78, 5) is 12.3. The molecule has 0 atom stereocenters. The lowest BCUT2D eigenvalue weighted by molar-refractivity contribution is 0.104. The first kappa shape index (κ1) is 18.1. The van der Waals surface area contributed by atoms with Gasteiger partial charge in [0.05, 0.1) is 17.3 Å². The number of carbonyl (C=O) groups is 1. The van der Waals surface area contributed by atoms with E-state index in [1.54, 1.807) is 6.08 Å². The highest BCUT2D eigenvalue weighted by Crippen LogP contribution is 2.20. The molecule has 3 aromatic rings. The number of benzene rings is 2. The molecule has 0 saturated heterocycles. The van der Waals surface area contributed by atoms with Gasteiger partial charge in [0.25, 0.3) is 0 Å². The molecule has 0 spiro atoms. The third kappa shape index (κ3) is 3.92. The molecule has 0 amide bonds. The zero-order valence-corrected chi connectivity index (χ0v) is 15.3. The number of hydrogen-bond acceptors (Lipinski definition) is 2. The molecule has 0 N–H and O–H groups in total. The van der Waals surface area contributed by atoms with E-state index in [0.29, 0.717) is 6.54 Å². The summed E-state index contributed by atoms with van der Waals surface area (Å²) in [6.45, 7) is 4.54. The van der Waals surface area contributed by atoms with Gasteiger partial charge >= 0.3 is 0 Å². The second kappa shape index (κ2) is 7.67. The van der Waals surface area contributed by atoms with Gasteiger partial charge in [0.2, 0.25) is 0 Å². The van der Waals surface area contributed by atoms with Crippen LogP contribution in [0.2, 0.25) is 5.02 Å². The largest absolute Gasteiger partial charge is 0.289 e. The van der Waals surface area contributed by atoms with Crippen LogP contribution in [0.5, 0.6) is 0 Å². The Kier molecular flexibility index (Phi) is 5.33. The van der Waals surface area contributed by atoms with Crippen LogP contribution in [0.25, 0.3) is 6.08 Å². The van der Waals surface area contributed by atoms with E-state index in [1.165, 1.54) is 18.2 Å². The van der Waals surface area contributed by atoms with Gasteiger partial charge < -0.3 is 0 Å². The molecule has 26 heavy (non-hydrogen) atoms. The number of allylic oxidation sites excluding steroid dienone is 1. The Hall–Kier alpha value is -2.72. The second-order valence-electron chi connectivity index (χ2n) is 6.05. The van der Waals surface area contributed by atoms with E-state index < -0.39 is 5.82 Å². The SMILES string of the molecule is Cc1nn(Cc2ccccc2)c(C)c1/C=C/C(=O)c1ccc(F)cc1Cl. The quantitative estimate of drug-likeness (QED) is 0.456. The number of rotatable bonds is 5. The molecule has 0 bridgehead atoms. The van der Waals surface area contributed by atoms with E-state index in [-0.39, 0.29) is 16.4 Å². The smallest absolute Gasteiger partial charge is 0.187 e. The third-order valence-corrected chi connectivity index (χ3v) is 4.52. The highest BCUT2D eigenvalue weighted by Gasteiger charge is 2.12. The Labute approximate surface area is 156 Å². The number of nitrogens with zero attached hydrogens (tertiary/aromatic N) is 2. The second-order valence-corrected chi connectivity index (χ2v) is 6.46. The Morgan fingerprint density at radius 3 is 2.62 bits per heavy atom. The Bertz CT molecular complexity index is 977. The molecule has 0 unspecified atom stereocenters. The fourth-order valence-corrected chi connectivity index (χ4v) is 3.06. The molecule has 0 aliphatic carbocycles. The van der Waals surface area contributed by atoms with Gasteiger partial charge in [-0.15, -0.1) is 0 Å². The first-order chi connectivity index (χ1) is 12.5. The lowest BCUT2D eigenvalue weighted by Crippen LogP contribution is -2.03. The summed E-state index contributed by atoms with van der Waals surface area (Å²) >= 11 is 5.95. The zero-order valence-electron chi connectivity index (χ0n) is 14.5. The van der Waals surface area contributed by atoms with Crippen LogP contribution in [-0.4, -0.2) is 15.6 Å². The minimum Gasteiger partial charge on any atom is -0.289 e. The van der Waals surface area contributed by atoms with Gasteiger partial charge in [0, 0.05) is 16.8 Å². The minimum atomic E-state index is -0.468. The predicted octanol–water partition coefficient (Wildman–Crippen LogP) is 5.24. The van der Waals surface area contributed by atoms with Gasteiger partial charge in [-0.2, -0.15) is 5.10 Å². The van der Waals surface area contributed by atoms with Crippen LogP contribution in [0, 0.1) is 19.7 Å². The van der Waals surface area contributed by atoms with Gasteiger partial charge in [-0.05, 0) is 49.8 Å². The summed E-state index contributed by atoms with van der Waals surface area (Å²) in [5, 5.41) is 4.67. The summed E-state index contributed by atoms with van der Waals surface area (Å²) in [5.74, 6) is -0.742. The minimum absolute atomic E-state index is 0.105. The molecular weight excluding hydrogens is 351 g/mol. The topological polar surface area (TPSA) is 34.9 Å². The van der Waals surface area contributed by atoms with E-state index in [0.717, 1.165) is 28.6 Å². The van der Waals surface area contributed by atoms with Crippen molar-refractivity contribution in [1.29, 1.82) is 0 Å². The van der Waals surface area contributed by atoms with E-state index in [1.807, 2.05) is 48.9 Å². The molecule has 2 aromatic carbocycles. The maximum absolute atomic E-state index is 13.1. The number of halogens is 2. The number of aryl methyl sites for hydroxylation is 1. The number of hydrogen-bond donors (Lipinski definition) is 0. The van der Waals surface area contributed by atoms with Crippen molar-refractivity contribution in [3.8, 4) is 0 Å². The molecular formula is C21H18ClFN2O. The van der Waals surface area contributed by atoms with Crippen molar-refractivity contribution in [3.63, 3.8) is 0 Å². The Morgan fingerprint density at radius 2 is 1.92 bits per heavy atom. The monoisotopic (exact) mass is 368 g/mol. The Morgan fingerprint density at radius 1 is 1.19 bits per heavy atom. The highest BCUT2D eigenvalue weighted by atomic mass is 35.5. The van der Waals surface area contributed by atoms with Crippen LogP contribution in [0.15, 0.2) is 54.6 Å². The molecule has 0 saturated carbocycles. The predicted molar refractivity (Wildman–Crippen MR) is 102 cm³/mol. The summed E-state index contributed by atoms with van der Waals surface area (Å²) in [5.41, 5.74) is 4.14. The van der Waals surface area contributed by atoms with Crippen LogP contribution in [0.1, 0.15) is 32.9 Å². The van der Waals surface area contributed by atoms with Gasteiger partial charge in [-0.1, -0.05) is 41.9 Å². The van der Waals surface area contributed by atoms with Crippen LogP contribution in [-0.2, 0) is 6.54 Å². The number of carbonyl (C=O) groups excluding carboxylic acids is 1. The van der Waals surface area contributed by atoms with Crippen LogP contribution in [0.3, 0.4) is 0 Å². The lowest BCUT2D eigenvalue weighted by atomic mass is 10.1. The van der Waals surface area contributed by atoms with Crippen molar-refractivity contribution < 1.29 is 9.18 Å². The zero-order chi connectivity index (χ0) is 18.7. The number of ketones is 1. The van der Waals surface area contributed by atoms with E-state index in [9.17, 15) is 9.18 Å². The van der Waals surface area contributed by atoms with Crippen molar-refractivity contribution in [1.82, 2.24) is 9.78 Å². The fourth-order valence-electron chi connectivity index (χ4n) is 2.80. The summed E-state index contributed by atoms with van der Waals surface area (Å²) in [7, 11) is 0. The average molecular weight is 369 g/mol. The van der Waals surface area contributed by atoms with Crippen LogP contribution < -0.4 is 0 Å². The van der Waals surface area contributed by atoms with Gasteiger partial charge in [-0.25, -0.2) is 4.39 Å².